The number of halogens is 2. The summed E-state index contributed by atoms with van der Waals surface area (Å²) in [6, 6.07) is 9.70. The molecule has 0 spiro atoms. The maximum Gasteiger partial charge on any atom is 0.270 e. The number of methoxy groups -OCH3 is 2. The minimum absolute atomic E-state index is 0.0441. The van der Waals surface area contributed by atoms with E-state index in [1.807, 2.05) is 0 Å². The minimum atomic E-state index is -0.454. The average molecular weight is 476 g/mol. The number of nitro groups is 1. The highest BCUT2D eigenvalue weighted by Gasteiger charge is 2.08. The van der Waals surface area contributed by atoms with E-state index < -0.39 is 4.92 Å². The molecule has 0 atom stereocenters. The fraction of sp³-hybridized carbons (Fsp3) is 0.188. The van der Waals surface area contributed by atoms with Crippen molar-refractivity contribution in [3.8, 4) is 11.5 Å². The van der Waals surface area contributed by atoms with Crippen molar-refractivity contribution in [1.82, 2.24) is 0 Å². The first-order valence-corrected chi connectivity index (χ1v) is 8.46. The highest BCUT2D eigenvalue weighted by Crippen LogP contribution is 2.28. The quantitative estimate of drug-likeness (QED) is 0.507. The van der Waals surface area contributed by atoms with E-state index in [4.69, 9.17) is 9.47 Å². The summed E-state index contributed by atoms with van der Waals surface area (Å²) in [7, 11) is 3.10. The average Bonchev–Trinajstić information content (AvgIpc) is 2.55. The van der Waals surface area contributed by atoms with Crippen molar-refractivity contribution in [2.75, 3.05) is 19.5 Å². The first-order valence-electron chi connectivity index (χ1n) is 6.87. The van der Waals surface area contributed by atoms with Gasteiger partial charge in [-0.15, -0.1) is 0 Å². The summed E-state index contributed by atoms with van der Waals surface area (Å²) < 4.78 is 11.4. The Balaban J connectivity index is 0.000000251. The van der Waals surface area contributed by atoms with Crippen LogP contribution < -0.4 is 14.8 Å². The molecule has 0 aliphatic carbocycles. The van der Waals surface area contributed by atoms with Crippen LogP contribution in [-0.2, 0) is 4.79 Å². The first kappa shape index (κ1) is 20.9. The Morgan fingerprint density at radius 1 is 1.04 bits per heavy atom. The molecule has 1 N–H and O–H groups in total. The van der Waals surface area contributed by atoms with Gasteiger partial charge in [-0.25, -0.2) is 0 Å². The third-order valence-corrected chi connectivity index (χ3v) is 4.06. The molecule has 9 heteroatoms. The predicted molar refractivity (Wildman–Crippen MR) is 102 cm³/mol. The summed E-state index contributed by atoms with van der Waals surface area (Å²) in [6.07, 6.45) is 0. The van der Waals surface area contributed by atoms with Gasteiger partial charge in [-0.2, -0.15) is 0 Å². The van der Waals surface area contributed by atoms with Gasteiger partial charge in [0.05, 0.1) is 28.1 Å². The molecule has 0 aliphatic heterocycles. The van der Waals surface area contributed by atoms with Crippen molar-refractivity contribution in [2.45, 2.75) is 6.92 Å². The molecule has 0 heterocycles. The molecule has 0 unspecified atom stereocenters. The van der Waals surface area contributed by atoms with Crippen molar-refractivity contribution < 1.29 is 19.2 Å². The zero-order chi connectivity index (χ0) is 19.0. The van der Waals surface area contributed by atoms with Crippen molar-refractivity contribution in [3.63, 3.8) is 0 Å². The van der Waals surface area contributed by atoms with Gasteiger partial charge in [0.25, 0.3) is 5.69 Å². The highest BCUT2D eigenvalue weighted by atomic mass is 79.9. The Morgan fingerprint density at radius 2 is 1.56 bits per heavy atom. The van der Waals surface area contributed by atoms with Crippen LogP contribution in [0.2, 0.25) is 0 Å². The van der Waals surface area contributed by atoms with Crippen molar-refractivity contribution >= 4 is 49.1 Å². The highest BCUT2D eigenvalue weighted by molar-refractivity contribution is 9.10. The Labute approximate surface area is 161 Å². The van der Waals surface area contributed by atoms with Crippen molar-refractivity contribution in [1.29, 1.82) is 0 Å². The van der Waals surface area contributed by atoms with Crippen LogP contribution in [0.25, 0.3) is 0 Å². The predicted octanol–water partition coefficient (Wildman–Crippen LogP) is 4.78. The van der Waals surface area contributed by atoms with Gasteiger partial charge in [-0.05, 0) is 56.1 Å². The second-order valence-corrected chi connectivity index (χ2v) is 6.32. The number of ether oxygens (including phenoxy) is 2. The van der Waals surface area contributed by atoms with Crippen LogP contribution in [0.3, 0.4) is 0 Å². The lowest BCUT2D eigenvalue weighted by molar-refractivity contribution is -0.384. The lowest BCUT2D eigenvalue weighted by Gasteiger charge is -2.06. The third kappa shape index (κ3) is 6.71. The summed E-state index contributed by atoms with van der Waals surface area (Å²) >= 11 is 6.47. The lowest BCUT2D eigenvalue weighted by atomic mass is 10.3. The van der Waals surface area contributed by atoms with Gasteiger partial charge < -0.3 is 14.8 Å². The molecule has 2 aromatic carbocycles. The van der Waals surface area contributed by atoms with Crippen molar-refractivity contribution in [3.05, 3.63) is 55.5 Å². The van der Waals surface area contributed by atoms with E-state index >= 15 is 0 Å². The summed E-state index contributed by atoms with van der Waals surface area (Å²) in [5, 5.41) is 13.0. The molecule has 1 amide bonds. The lowest BCUT2D eigenvalue weighted by Crippen LogP contribution is -2.05. The number of hydrogen-bond donors (Lipinski definition) is 1. The van der Waals surface area contributed by atoms with Gasteiger partial charge in [0, 0.05) is 24.7 Å². The Hall–Kier alpha value is -2.13. The van der Waals surface area contributed by atoms with Gasteiger partial charge >= 0.3 is 0 Å². The van der Waals surface area contributed by atoms with Gasteiger partial charge in [-0.1, -0.05) is 0 Å². The largest absolute Gasteiger partial charge is 0.496 e. The van der Waals surface area contributed by atoms with E-state index in [0.29, 0.717) is 10.2 Å². The number of carbonyl (C=O) groups is 1. The molecule has 0 saturated carbocycles. The molecule has 2 rings (SSSR count). The number of nitrogens with one attached hydrogen (secondary N) is 1. The molecule has 0 radical (unpaired) electrons. The Bertz CT molecular complexity index is 768. The smallest absolute Gasteiger partial charge is 0.270 e. The molecule has 25 heavy (non-hydrogen) atoms. The van der Waals surface area contributed by atoms with Crippen LogP contribution in [-0.4, -0.2) is 25.1 Å². The number of non-ortho nitro benzene ring substituents is 1. The topological polar surface area (TPSA) is 90.7 Å². The first-order chi connectivity index (χ1) is 11.8. The van der Waals surface area contributed by atoms with E-state index in [0.717, 1.165) is 15.9 Å². The van der Waals surface area contributed by atoms with E-state index in [-0.39, 0.29) is 11.6 Å². The number of benzene rings is 2. The molecule has 0 fully saturated rings. The van der Waals surface area contributed by atoms with Crippen LogP contribution in [0.1, 0.15) is 6.92 Å². The number of amides is 1. The monoisotopic (exact) mass is 474 g/mol. The second-order valence-electron chi connectivity index (χ2n) is 4.61. The fourth-order valence-electron chi connectivity index (χ4n) is 1.72. The summed E-state index contributed by atoms with van der Waals surface area (Å²) in [6.45, 7) is 1.47. The number of nitrogens with zero attached hydrogens (tertiary/aromatic N) is 1. The Kier molecular flexibility index (Phi) is 8.36. The standard InChI is InChI=1S/C9H10BrNO2.C7H6BrNO3/c1-6(12)11-7-3-4-9(13-2)8(10)5-7;1-12-7-3-2-5(9(10)11)4-6(7)8/h3-5H,1-2H3,(H,11,12);2-4H,1H3. The van der Waals surface area contributed by atoms with E-state index in [1.165, 1.54) is 26.2 Å². The molecule has 0 saturated heterocycles. The minimum Gasteiger partial charge on any atom is -0.496 e. The van der Waals surface area contributed by atoms with Crippen LogP contribution in [0.5, 0.6) is 11.5 Å². The summed E-state index contributed by atoms with van der Waals surface area (Å²) in [5.74, 6) is 1.24. The van der Waals surface area contributed by atoms with Crippen molar-refractivity contribution in [2.24, 2.45) is 0 Å². The van der Waals surface area contributed by atoms with Crippen LogP contribution in [0.15, 0.2) is 45.3 Å². The Morgan fingerprint density at radius 3 is 1.96 bits per heavy atom. The van der Waals surface area contributed by atoms with Crippen LogP contribution in [0.4, 0.5) is 11.4 Å². The SMILES string of the molecule is COc1ccc(NC(C)=O)cc1Br.COc1ccc([N+](=O)[O-])cc1Br. The number of carbonyl (C=O) groups excluding carboxylic acids is 1. The van der Waals surface area contributed by atoms with Gasteiger partial charge in [0.1, 0.15) is 11.5 Å². The zero-order valence-corrected chi connectivity index (χ0v) is 16.9. The molecule has 7 nitrogen and oxygen atoms in total. The maximum atomic E-state index is 10.7. The fourth-order valence-corrected chi connectivity index (χ4v) is 2.79. The molecule has 2 aromatic rings. The normalized spacial score (nSPS) is 9.48. The van der Waals surface area contributed by atoms with Gasteiger partial charge in [0.15, 0.2) is 0 Å². The van der Waals surface area contributed by atoms with Crippen LogP contribution >= 0.6 is 31.9 Å². The number of nitro benzene ring substituents is 1. The van der Waals surface area contributed by atoms with Gasteiger partial charge in [0.2, 0.25) is 5.91 Å². The number of rotatable bonds is 4. The molecule has 0 aromatic heterocycles. The van der Waals surface area contributed by atoms with Crippen LogP contribution in [0, 0.1) is 10.1 Å². The molecule has 0 bridgehead atoms. The summed E-state index contributed by atoms with van der Waals surface area (Å²) in [5.41, 5.74) is 0.794. The number of anilines is 1. The summed E-state index contributed by atoms with van der Waals surface area (Å²) in [4.78, 5) is 20.6. The maximum absolute atomic E-state index is 10.7. The zero-order valence-electron chi connectivity index (χ0n) is 13.7. The molecular weight excluding hydrogens is 460 g/mol. The second kappa shape index (κ2) is 10.00. The molecule has 134 valence electrons. The van der Waals surface area contributed by atoms with Gasteiger partial charge in [-0.3, -0.25) is 14.9 Å². The third-order valence-electron chi connectivity index (χ3n) is 2.82. The molecule has 0 aliphatic rings. The molecular formula is C16H16Br2N2O5. The van der Waals surface area contributed by atoms with E-state index in [9.17, 15) is 14.9 Å². The van der Waals surface area contributed by atoms with E-state index in [2.05, 4.69) is 37.2 Å². The van der Waals surface area contributed by atoms with E-state index in [1.54, 1.807) is 31.4 Å². The number of hydrogen-bond acceptors (Lipinski definition) is 5.